The number of anilines is 2. The highest BCUT2D eigenvalue weighted by molar-refractivity contribution is 6.09. The lowest BCUT2D eigenvalue weighted by Gasteiger charge is -2.32. The number of nitrogens with one attached hydrogen (secondary N) is 2. The summed E-state index contributed by atoms with van der Waals surface area (Å²) in [7, 11) is 0. The van der Waals surface area contributed by atoms with Gasteiger partial charge in [-0.25, -0.2) is 0 Å². The topological polar surface area (TPSA) is 72.4 Å². The number of rotatable bonds is 3. The van der Waals surface area contributed by atoms with Crippen molar-refractivity contribution in [1.29, 1.82) is 0 Å². The van der Waals surface area contributed by atoms with Crippen LogP contribution in [0, 0.1) is 0 Å². The molecule has 0 saturated carbocycles. The Kier molecular flexibility index (Phi) is 3.96. The number of carbonyl (C=O) groups excluding carboxylic acids is 2. The molecule has 6 nitrogen and oxygen atoms in total. The third-order valence-electron chi connectivity index (χ3n) is 4.46. The minimum atomic E-state index is -0.954. The van der Waals surface area contributed by atoms with Crippen molar-refractivity contribution in [3.05, 3.63) is 72.6 Å². The molecule has 0 radical (unpaired) electrons. The van der Waals surface area contributed by atoms with Gasteiger partial charge in [0, 0.05) is 23.6 Å². The van der Waals surface area contributed by atoms with E-state index < -0.39 is 5.60 Å². The molecule has 3 aromatic rings. The molecule has 1 aromatic heterocycles. The number of hydrogen-bond acceptors (Lipinski definition) is 3. The Labute approximate surface area is 156 Å². The summed E-state index contributed by atoms with van der Waals surface area (Å²) in [5, 5.41) is 5.67. The predicted octanol–water partition coefficient (Wildman–Crippen LogP) is 3.84. The van der Waals surface area contributed by atoms with Gasteiger partial charge in [-0.05, 0) is 62.4 Å². The highest BCUT2D eigenvalue weighted by Gasteiger charge is 2.36. The maximum absolute atomic E-state index is 12.6. The van der Waals surface area contributed by atoms with Gasteiger partial charge in [-0.15, -0.1) is 0 Å². The molecule has 1 aliphatic rings. The molecular formula is C21H19N3O3. The highest BCUT2D eigenvalue weighted by atomic mass is 16.5. The summed E-state index contributed by atoms with van der Waals surface area (Å²) in [5.74, 6) is 0.00895. The van der Waals surface area contributed by atoms with Gasteiger partial charge >= 0.3 is 0 Å². The summed E-state index contributed by atoms with van der Waals surface area (Å²) >= 11 is 0. The molecule has 136 valence electrons. The molecule has 2 aromatic carbocycles. The quantitative estimate of drug-likeness (QED) is 0.744. The van der Waals surface area contributed by atoms with E-state index in [0.717, 1.165) is 5.69 Å². The van der Waals surface area contributed by atoms with Gasteiger partial charge in [-0.3, -0.25) is 9.59 Å². The van der Waals surface area contributed by atoms with Crippen LogP contribution in [0.5, 0.6) is 5.75 Å². The number of aromatic nitrogens is 1. The van der Waals surface area contributed by atoms with Crippen molar-refractivity contribution in [2.75, 3.05) is 10.6 Å². The Morgan fingerprint density at radius 3 is 2.44 bits per heavy atom. The molecule has 0 spiro atoms. The Hall–Kier alpha value is -3.54. The van der Waals surface area contributed by atoms with Crippen molar-refractivity contribution in [1.82, 2.24) is 4.57 Å². The van der Waals surface area contributed by atoms with Gasteiger partial charge in [-0.1, -0.05) is 6.07 Å². The van der Waals surface area contributed by atoms with Crippen LogP contribution in [0.4, 0.5) is 11.4 Å². The molecule has 0 saturated heterocycles. The van der Waals surface area contributed by atoms with E-state index in [1.165, 1.54) is 0 Å². The lowest BCUT2D eigenvalue weighted by Crippen LogP contribution is -2.45. The number of para-hydroxylation sites is 1. The Bertz CT molecular complexity index is 1010. The van der Waals surface area contributed by atoms with Gasteiger partial charge in [-0.2, -0.15) is 0 Å². The van der Waals surface area contributed by atoms with Gasteiger partial charge in [0.15, 0.2) is 5.60 Å². The summed E-state index contributed by atoms with van der Waals surface area (Å²) in [4.78, 5) is 24.8. The molecule has 2 amide bonds. The Balaban J connectivity index is 1.56. The Morgan fingerprint density at radius 2 is 1.74 bits per heavy atom. The highest BCUT2D eigenvalue weighted by Crippen LogP contribution is 2.39. The van der Waals surface area contributed by atoms with E-state index in [9.17, 15) is 9.59 Å². The van der Waals surface area contributed by atoms with E-state index in [2.05, 4.69) is 10.6 Å². The predicted molar refractivity (Wildman–Crippen MR) is 104 cm³/mol. The molecule has 0 unspecified atom stereocenters. The van der Waals surface area contributed by atoms with Crippen molar-refractivity contribution >= 4 is 23.2 Å². The van der Waals surface area contributed by atoms with E-state index in [0.29, 0.717) is 22.7 Å². The van der Waals surface area contributed by atoms with Crippen molar-refractivity contribution < 1.29 is 14.3 Å². The van der Waals surface area contributed by atoms with Crippen LogP contribution < -0.4 is 15.4 Å². The number of ether oxygens (including phenoxy) is 1. The molecule has 2 N–H and O–H groups in total. The SMILES string of the molecule is CC1(C)Oc2cccc(NC(=O)c3ccc(-n4cccc4)cc3)c2NC1=O. The summed E-state index contributed by atoms with van der Waals surface area (Å²) in [6, 6.07) is 16.4. The maximum atomic E-state index is 12.6. The van der Waals surface area contributed by atoms with E-state index in [1.54, 1.807) is 44.2 Å². The van der Waals surface area contributed by atoms with E-state index >= 15 is 0 Å². The normalized spacial score (nSPS) is 14.7. The number of hydrogen-bond donors (Lipinski definition) is 2. The van der Waals surface area contributed by atoms with Crippen LogP contribution in [0.25, 0.3) is 5.69 Å². The second-order valence-electron chi connectivity index (χ2n) is 6.84. The zero-order chi connectivity index (χ0) is 19.0. The first-order valence-electron chi connectivity index (χ1n) is 8.62. The monoisotopic (exact) mass is 361 g/mol. The second-order valence-corrected chi connectivity index (χ2v) is 6.84. The molecule has 2 heterocycles. The fraction of sp³-hybridized carbons (Fsp3) is 0.143. The second kappa shape index (κ2) is 6.32. The molecule has 27 heavy (non-hydrogen) atoms. The van der Waals surface area contributed by atoms with Crippen LogP contribution >= 0.6 is 0 Å². The largest absolute Gasteiger partial charge is 0.476 e. The minimum absolute atomic E-state index is 0.257. The smallest absolute Gasteiger partial charge is 0.268 e. The van der Waals surface area contributed by atoms with Crippen molar-refractivity contribution in [2.45, 2.75) is 19.4 Å². The number of amides is 2. The van der Waals surface area contributed by atoms with E-state index in [1.807, 2.05) is 41.2 Å². The first-order chi connectivity index (χ1) is 12.9. The number of nitrogens with zero attached hydrogens (tertiary/aromatic N) is 1. The number of carbonyl (C=O) groups is 2. The number of fused-ring (bicyclic) bond motifs is 1. The molecule has 0 atom stereocenters. The van der Waals surface area contributed by atoms with Crippen molar-refractivity contribution in [3.63, 3.8) is 0 Å². The standard InChI is InChI=1S/C21H19N3O3/c1-21(2)20(26)23-18-16(6-5-7-17(18)27-21)22-19(25)14-8-10-15(11-9-14)24-12-3-4-13-24/h3-13H,1-2H3,(H,22,25)(H,23,26). The molecule has 0 fully saturated rings. The number of benzene rings is 2. The van der Waals surface area contributed by atoms with E-state index in [-0.39, 0.29) is 11.8 Å². The van der Waals surface area contributed by atoms with Gasteiger partial charge < -0.3 is 19.9 Å². The van der Waals surface area contributed by atoms with Crippen molar-refractivity contribution in [2.24, 2.45) is 0 Å². The summed E-state index contributed by atoms with van der Waals surface area (Å²) in [6.07, 6.45) is 3.88. The molecule has 0 bridgehead atoms. The van der Waals surface area contributed by atoms with Crippen LogP contribution in [0.15, 0.2) is 67.0 Å². The average molecular weight is 361 g/mol. The van der Waals surface area contributed by atoms with Crippen LogP contribution in [0.3, 0.4) is 0 Å². The lowest BCUT2D eigenvalue weighted by atomic mass is 10.1. The summed E-state index contributed by atoms with van der Waals surface area (Å²) in [5.41, 5.74) is 1.50. The van der Waals surface area contributed by atoms with Gasteiger partial charge in [0.05, 0.1) is 5.69 Å². The third-order valence-corrected chi connectivity index (χ3v) is 4.46. The van der Waals surface area contributed by atoms with Crippen molar-refractivity contribution in [3.8, 4) is 11.4 Å². The first kappa shape index (κ1) is 16.9. The fourth-order valence-corrected chi connectivity index (χ4v) is 2.92. The van der Waals surface area contributed by atoms with Gasteiger partial charge in [0.2, 0.25) is 0 Å². The molecule has 1 aliphatic heterocycles. The maximum Gasteiger partial charge on any atom is 0.268 e. The van der Waals surface area contributed by atoms with Gasteiger partial charge in [0.25, 0.3) is 11.8 Å². The average Bonchev–Trinajstić information content (AvgIpc) is 3.18. The summed E-state index contributed by atoms with van der Waals surface area (Å²) in [6.45, 7) is 3.39. The van der Waals surface area contributed by atoms with Crippen LogP contribution in [-0.2, 0) is 4.79 Å². The van der Waals surface area contributed by atoms with Crippen LogP contribution in [0.2, 0.25) is 0 Å². The zero-order valence-electron chi connectivity index (χ0n) is 15.0. The first-order valence-corrected chi connectivity index (χ1v) is 8.62. The summed E-state index contributed by atoms with van der Waals surface area (Å²) < 4.78 is 7.71. The van der Waals surface area contributed by atoms with E-state index in [4.69, 9.17) is 4.74 Å². The van der Waals surface area contributed by atoms with Crippen LogP contribution in [0.1, 0.15) is 24.2 Å². The molecule has 6 heteroatoms. The fourth-order valence-electron chi connectivity index (χ4n) is 2.92. The Morgan fingerprint density at radius 1 is 1.04 bits per heavy atom. The molecule has 0 aliphatic carbocycles. The van der Waals surface area contributed by atoms with Gasteiger partial charge in [0.1, 0.15) is 11.4 Å². The lowest BCUT2D eigenvalue weighted by molar-refractivity contribution is -0.129. The zero-order valence-corrected chi connectivity index (χ0v) is 15.0. The molecular weight excluding hydrogens is 342 g/mol. The van der Waals surface area contributed by atoms with Crippen LogP contribution in [-0.4, -0.2) is 22.0 Å². The minimum Gasteiger partial charge on any atom is -0.476 e. The third kappa shape index (κ3) is 3.17. The molecule has 4 rings (SSSR count).